The average molecular weight is 366 g/mol. The van der Waals surface area contributed by atoms with Crippen molar-refractivity contribution in [2.75, 3.05) is 26.7 Å². The van der Waals surface area contributed by atoms with Crippen LogP contribution in [0.15, 0.2) is 54.6 Å². The maximum atomic E-state index is 12.2. The van der Waals surface area contributed by atoms with Crippen molar-refractivity contribution < 1.29 is 14.3 Å². The number of likely N-dealkylation sites (tertiary alicyclic amines) is 1. The zero-order valence-corrected chi connectivity index (χ0v) is 15.7. The van der Waals surface area contributed by atoms with Crippen molar-refractivity contribution in [2.24, 2.45) is 5.92 Å². The Labute approximate surface area is 160 Å². The number of benzene rings is 2. The predicted molar refractivity (Wildman–Crippen MR) is 105 cm³/mol. The molecule has 1 aliphatic heterocycles. The first-order valence-corrected chi connectivity index (χ1v) is 9.38. The molecule has 2 aromatic rings. The van der Waals surface area contributed by atoms with Crippen LogP contribution in [0.5, 0.6) is 5.75 Å². The molecule has 0 spiro atoms. The molecule has 2 amide bonds. The molecule has 1 N–H and O–H groups in total. The van der Waals surface area contributed by atoms with Crippen molar-refractivity contribution in [2.45, 2.75) is 19.3 Å². The molecule has 0 atom stereocenters. The second-order valence-electron chi connectivity index (χ2n) is 7.02. The molecule has 1 aliphatic rings. The molecule has 0 unspecified atom stereocenters. The molecular formula is C22H26N2O3. The van der Waals surface area contributed by atoms with E-state index in [4.69, 9.17) is 4.74 Å². The van der Waals surface area contributed by atoms with Gasteiger partial charge in [-0.05, 0) is 68.1 Å². The normalized spacial score (nSPS) is 15.3. The van der Waals surface area contributed by atoms with Crippen LogP contribution in [0, 0.1) is 5.92 Å². The Kier molecular flexibility index (Phi) is 6.60. The van der Waals surface area contributed by atoms with Gasteiger partial charge >= 0.3 is 0 Å². The van der Waals surface area contributed by atoms with Gasteiger partial charge in [0.15, 0.2) is 0 Å². The van der Waals surface area contributed by atoms with E-state index in [9.17, 15) is 9.59 Å². The van der Waals surface area contributed by atoms with Crippen molar-refractivity contribution in [3.63, 3.8) is 0 Å². The number of carbonyl (C=O) groups excluding carboxylic acids is 2. The number of methoxy groups -OCH3 is 1. The van der Waals surface area contributed by atoms with Crippen LogP contribution in [-0.4, -0.2) is 43.5 Å². The fraction of sp³-hybridized carbons (Fsp3) is 0.364. The first-order chi connectivity index (χ1) is 13.1. The molecule has 0 radical (unpaired) electrons. The number of amides is 2. The molecule has 3 rings (SSSR count). The highest BCUT2D eigenvalue weighted by molar-refractivity contribution is 6.05. The SMILES string of the molecule is COc1ccc(C(=O)NC(=O)CN2CCC(Cc3ccccc3)CC2)cc1. The summed E-state index contributed by atoms with van der Waals surface area (Å²) in [6.07, 6.45) is 3.25. The van der Waals surface area contributed by atoms with E-state index in [1.165, 1.54) is 5.56 Å². The number of carbonyl (C=O) groups is 2. The molecule has 2 aromatic carbocycles. The van der Waals surface area contributed by atoms with E-state index in [0.29, 0.717) is 17.2 Å². The Hall–Kier alpha value is -2.66. The minimum atomic E-state index is -0.374. The number of nitrogens with zero attached hydrogens (tertiary/aromatic N) is 1. The largest absolute Gasteiger partial charge is 0.497 e. The van der Waals surface area contributed by atoms with Crippen LogP contribution in [0.4, 0.5) is 0 Å². The van der Waals surface area contributed by atoms with Gasteiger partial charge in [0.1, 0.15) is 5.75 Å². The van der Waals surface area contributed by atoms with Crippen LogP contribution in [0.2, 0.25) is 0 Å². The van der Waals surface area contributed by atoms with Gasteiger partial charge in [0.25, 0.3) is 5.91 Å². The fourth-order valence-electron chi connectivity index (χ4n) is 3.48. The summed E-state index contributed by atoms with van der Waals surface area (Å²) in [5, 5.41) is 2.47. The third-order valence-corrected chi connectivity index (χ3v) is 5.05. The summed E-state index contributed by atoms with van der Waals surface area (Å²) in [4.78, 5) is 26.5. The first kappa shape index (κ1) is 19.1. The Morgan fingerprint density at radius 2 is 1.70 bits per heavy atom. The lowest BCUT2D eigenvalue weighted by Crippen LogP contribution is -2.43. The van der Waals surface area contributed by atoms with Gasteiger partial charge in [-0.25, -0.2) is 0 Å². The zero-order chi connectivity index (χ0) is 19.1. The smallest absolute Gasteiger partial charge is 0.257 e. The predicted octanol–water partition coefficient (Wildman–Crippen LogP) is 2.91. The van der Waals surface area contributed by atoms with Gasteiger partial charge in [-0.2, -0.15) is 0 Å². The van der Waals surface area contributed by atoms with Gasteiger partial charge in [-0.3, -0.25) is 19.8 Å². The van der Waals surface area contributed by atoms with Gasteiger partial charge in [0, 0.05) is 5.56 Å². The van der Waals surface area contributed by atoms with Gasteiger partial charge in [-0.1, -0.05) is 30.3 Å². The summed E-state index contributed by atoms with van der Waals surface area (Å²) in [5.41, 5.74) is 1.82. The van der Waals surface area contributed by atoms with Gasteiger partial charge in [0.2, 0.25) is 5.91 Å². The molecule has 1 saturated heterocycles. The lowest BCUT2D eigenvalue weighted by Gasteiger charge is -2.31. The summed E-state index contributed by atoms with van der Waals surface area (Å²) in [6.45, 7) is 2.04. The van der Waals surface area contributed by atoms with E-state index in [-0.39, 0.29) is 18.4 Å². The molecule has 0 saturated carbocycles. The minimum absolute atomic E-state index is 0.252. The molecule has 5 heteroatoms. The highest BCUT2D eigenvalue weighted by Gasteiger charge is 2.22. The third-order valence-electron chi connectivity index (χ3n) is 5.05. The molecule has 27 heavy (non-hydrogen) atoms. The van der Waals surface area contributed by atoms with Crippen molar-refractivity contribution in [1.82, 2.24) is 10.2 Å². The van der Waals surface area contributed by atoms with Crippen LogP contribution < -0.4 is 10.1 Å². The summed E-state index contributed by atoms with van der Waals surface area (Å²) in [5.74, 6) is 0.711. The van der Waals surface area contributed by atoms with E-state index >= 15 is 0 Å². The molecular weight excluding hydrogens is 340 g/mol. The van der Waals surface area contributed by atoms with Gasteiger partial charge < -0.3 is 4.74 Å². The maximum Gasteiger partial charge on any atom is 0.257 e. The Balaban J connectivity index is 1.41. The highest BCUT2D eigenvalue weighted by Crippen LogP contribution is 2.21. The molecule has 0 aliphatic carbocycles. The maximum absolute atomic E-state index is 12.2. The van der Waals surface area contributed by atoms with Gasteiger partial charge in [-0.15, -0.1) is 0 Å². The number of ether oxygens (including phenoxy) is 1. The molecule has 0 aromatic heterocycles. The second kappa shape index (κ2) is 9.33. The Bertz CT molecular complexity index is 751. The van der Waals surface area contributed by atoms with Crippen LogP contribution in [-0.2, 0) is 11.2 Å². The Morgan fingerprint density at radius 3 is 2.33 bits per heavy atom. The molecule has 5 nitrogen and oxygen atoms in total. The standard InChI is InChI=1S/C22H26N2O3/c1-27-20-9-7-19(8-10-20)22(26)23-21(25)16-24-13-11-18(12-14-24)15-17-5-3-2-4-6-17/h2-10,18H,11-16H2,1H3,(H,23,25,26). The zero-order valence-electron chi connectivity index (χ0n) is 15.7. The first-order valence-electron chi connectivity index (χ1n) is 9.38. The molecule has 0 bridgehead atoms. The van der Waals surface area contributed by atoms with Crippen molar-refractivity contribution in [3.05, 3.63) is 65.7 Å². The third kappa shape index (κ3) is 5.66. The summed E-state index contributed by atoms with van der Waals surface area (Å²) in [7, 11) is 1.57. The monoisotopic (exact) mass is 366 g/mol. The number of imide groups is 1. The molecule has 142 valence electrons. The van der Waals surface area contributed by atoms with Crippen molar-refractivity contribution in [3.8, 4) is 5.75 Å². The van der Waals surface area contributed by atoms with Crippen molar-refractivity contribution >= 4 is 11.8 Å². The second-order valence-corrected chi connectivity index (χ2v) is 7.02. The number of hydrogen-bond acceptors (Lipinski definition) is 4. The van der Waals surface area contributed by atoms with Gasteiger partial charge in [0.05, 0.1) is 13.7 Å². The Morgan fingerprint density at radius 1 is 1.04 bits per heavy atom. The summed E-state index contributed by atoms with van der Waals surface area (Å²) >= 11 is 0. The lowest BCUT2D eigenvalue weighted by atomic mass is 9.90. The van der Waals surface area contributed by atoms with E-state index in [0.717, 1.165) is 32.4 Å². The molecule has 1 fully saturated rings. The van der Waals surface area contributed by atoms with E-state index < -0.39 is 0 Å². The fourth-order valence-corrected chi connectivity index (χ4v) is 3.48. The number of hydrogen-bond donors (Lipinski definition) is 1. The number of nitrogens with one attached hydrogen (secondary N) is 1. The summed E-state index contributed by atoms with van der Waals surface area (Å²) in [6, 6.07) is 17.2. The quantitative estimate of drug-likeness (QED) is 0.854. The van der Waals surface area contributed by atoms with Crippen LogP contribution in [0.3, 0.4) is 0 Å². The van der Waals surface area contributed by atoms with Crippen LogP contribution in [0.25, 0.3) is 0 Å². The summed E-state index contributed by atoms with van der Waals surface area (Å²) < 4.78 is 5.07. The van der Waals surface area contributed by atoms with Crippen LogP contribution in [0.1, 0.15) is 28.8 Å². The van der Waals surface area contributed by atoms with E-state index in [1.807, 2.05) is 6.07 Å². The van der Waals surface area contributed by atoms with E-state index in [1.54, 1.807) is 31.4 Å². The number of rotatable bonds is 6. The van der Waals surface area contributed by atoms with E-state index in [2.05, 4.69) is 34.5 Å². The van der Waals surface area contributed by atoms with Crippen LogP contribution >= 0.6 is 0 Å². The lowest BCUT2D eigenvalue weighted by molar-refractivity contribution is -0.121. The number of piperidine rings is 1. The minimum Gasteiger partial charge on any atom is -0.497 e. The topological polar surface area (TPSA) is 58.6 Å². The average Bonchev–Trinajstić information content (AvgIpc) is 2.70. The van der Waals surface area contributed by atoms with Crippen molar-refractivity contribution in [1.29, 1.82) is 0 Å². The highest BCUT2D eigenvalue weighted by atomic mass is 16.5. The molecule has 1 heterocycles.